The minimum absolute atomic E-state index is 0.0667. The van der Waals surface area contributed by atoms with Crippen LogP contribution < -0.4 is 5.32 Å². The van der Waals surface area contributed by atoms with Gasteiger partial charge in [-0.2, -0.15) is 0 Å². The Morgan fingerprint density at radius 2 is 1.56 bits per heavy atom. The van der Waals surface area contributed by atoms with Crippen LogP contribution in [0.5, 0.6) is 0 Å². The van der Waals surface area contributed by atoms with Crippen molar-refractivity contribution in [3.63, 3.8) is 0 Å². The molecule has 0 aliphatic carbocycles. The van der Waals surface area contributed by atoms with Crippen molar-refractivity contribution in [3.8, 4) is 5.69 Å². The molecule has 1 amide bonds. The van der Waals surface area contributed by atoms with Crippen LogP contribution in [0.3, 0.4) is 0 Å². The highest BCUT2D eigenvalue weighted by Crippen LogP contribution is 2.26. The number of imidazole rings is 1. The van der Waals surface area contributed by atoms with E-state index >= 15 is 0 Å². The summed E-state index contributed by atoms with van der Waals surface area (Å²) in [5.41, 5.74) is 4.33. The number of carbonyl (C=O) groups excluding carboxylic acids is 1. The summed E-state index contributed by atoms with van der Waals surface area (Å²) >= 11 is 6.98. The number of nitrogens with zero attached hydrogens (tertiary/aromatic N) is 3. The number of carbonyl (C=O) groups is 1. The topological polar surface area (TPSA) is 50.2 Å². The van der Waals surface area contributed by atoms with Crippen LogP contribution in [0.1, 0.15) is 24.2 Å². The van der Waals surface area contributed by atoms with Crippen LogP contribution in [0.15, 0.2) is 81.7 Å². The third kappa shape index (κ3) is 5.27. The third-order valence-electron chi connectivity index (χ3n) is 6.42. The van der Waals surface area contributed by atoms with E-state index in [1.54, 1.807) is 0 Å². The van der Waals surface area contributed by atoms with Crippen LogP contribution in [-0.2, 0) is 17.9 Å². The smallest absolute Gasteiger partial charge is 0.223 e. The van der Waals surface area contributed by atoms with Crippen LogP contribution in [0.25, 0.3) is 16.7 Å². The first-order chi connectivity index (χ1) is 16.6. The molecule has 4 aromatic rings. The van der Waals surface area contributed by atoms with Crippen molar-refractivity contribution in [2.24, 2.45) is 5.92 Å². The molecule has 34 heavy (non-hydrogen) atoms. The van der Waals surface area contributed by atoms with Gasteiger partial charge in [0.05, 0.1) is 17.6 Å². The van der Waals surface area contributed by atoms with Crippen LogP contribution in [0.2, 0.25) is 0 Å². The maximum absolute atomic E-state index is 12.7. The number of aromatic nitrogens is 2. The lowest BCUT2D eigenvalue weighted by Gasteiger charge is -2.31. The lowest BCUT2D eigenvalue weighted by molar-refractivity contribution is -0.126. The average molecular weight is 582 g/mol. The van der Waals surface area contributed by atoms with Gasteiger partial charge in [-0.1, -0.05) is 56.1 Å². The number of halogens is 2. The van der Waals surface area contributed by atoms with Gasteiger partial charge in [-0.3, -0.25) is 14.3 Å². The minimum atomic E-state index is 0.0667. The summed E-state index contributed by atoms with van der Waals surface area (Å²) in [5.74, 6) is 1.25. The van der Waals surface area contributed by atoms with Gasteiger partial charge in [-0.25, -0.2) is 4.98 Å². The molecule has 1 aromatic heterocycles. The second kappa shape index (κ2) is 10.4. The summed E-state index contributed by atoms with van der Waals surface area (Å²) in [7, 11) is 0. The molecule has 2 heterocycles. The van der Waals surface area contributed by atoms with E-state index in [1.165, 1.54) is 0 Å². The van der Waals surface area contributed by atoms with Gasteiger partial charge in [0.2, 0.25) is 5.91 Å². The first-order valence-corrected chi connectivity index (χ1v) is 13.1. The molecule has 7 heteroatoms. The van der Waals surface area contributed by atoms with Gasteiger partial charge in [0.1, 0.15) is 5.82 Å². The number of hydrogen-bond donors (Lipinski definition) is 1. The number of para-hydroxylation sites is 2. The van der Waals surface area contributed by atoms with E-state index in [4.69, 9.17) is 4.98 Å². The standard InChI is InChI=1S/C27H26Br2N4O/c28-21-7-5-19(6-8-21)17-30-27(34)20-13-15-32(16-14-20)18-26-31-24-3-1-2-4-25(24)33(26)23-11-9-22(29)10-12-23/h1-12,20H,13-18H2,(H,30,34). The predicted molar refractivity (Wildman–Crippen MR) is 143 cm³/mol. The van der Waals surface area contributed by atoms with E-state index < -0.39 is 0 Å². The Kier molecular flexibility index (Phi) is 7.13. The SMILES string of the molecule is O=C(NCc1ccc(Br)cc1)C1CCN(Cc2nc3ccccc3n2-c2ccc(Br)cc2)CC1. The van der Waals surface area contributed by atoms with Crippen molar-refractivity contribution in [1.29, 1.82) is 0 Å². The van der Waals surface area contributed by atoms with E-state index in [2.05, 4.69) is 89.1 Å². The highest BCUT2D eigenvalue weighted by Gasteiger charge is 2.26. The summed E-state index contributed by atoms with van der Waals surface area (Å²) in [6.07, 6.45) is 1.73. The zero-order chi connectivity index (χ0) is 23.5. The number of benzene rings is 3. The lowest BCUT2D eigenvalue weighted by Crippen LogP contribution is -2.40. The van der Waals surface area contributed by atoms with Crippen molar-refractivity contribution in [1.82, 2.24) is 19.8 Å². The van der Waals surface area contributed by atoms with E-state index in [0.29, 0.717) is 6.54 Å². The van der Waals surface area contributed by atoms with Crippen LogP contribution in [0, 0.1) is 5.92 Å². The van der Waals surface area contributed by atoms with Gasteiger partial charge in [0.25, 0.3) is 0 Å². The molecule has 5 rings (SSSR count). The van der Waals surface area contributed by atoms with Crippen LogP contribution in [0.4, 0.5) is 0 Å². The van der Waals surface area contributed by atoms with Gasteiger partial charge in [-0.05, 0) is 80.0 Å². The molecule has 3 aromatic carbocycles. The number of rotatable bonds is 6. The number of likely N-dealkylation sites (tertiary alicyclic amines) is 1. The molecule has 0 saturated carbocycles. The van der Waals surface area contributed by atoms with Gasteiger partial charge < -0.3 is 5.32 Å². The van der Waals surface area contributed by atoms with Crippen LogP contribution >= 0.6 is 31.9 Å². The van der Waals surface area contributed by atoms with E-state index in [-0.39, 0.29) is 11.8 Å². The Bertz CT molecular complexity index is 1280. The zero-order valence-electron chi connectivity index (χ0n) is 18.8. The molecular formula is C27H26Br2N4O. The fraction of sp³-hybridized carbons (Fsp3) is 0.259. The van der Waals surface area contributed by atoms with Crippen molar-refractivity contribution in [2.45, 2.75) is 25.9 Å². The Labute approximate surface area is 216 Å². The van der Waals surface area contributed by atoms with Crippen molar-refractivity contribution < 1.29 is 4.79 Å². The average Bonchev–Trinajstić information content (AvgIpc) is 3.22. The summed E-state index contributed by atoms with van der Waals surface area (Å²) in [4.78, 5) is 20.1. The Balaban J connectivity index is 1.24. The second-order valence-corrected chi connectivity index (χ2v) is 10.6. The molecule has 5 nitrogen and oxygen atoms in total. The fourth-order valence-corrected chi connectivity index (χ4v) is 5.08. The van der Waals surface area contributed by atoms with E-state index in [1.807, 2.05) is 30.3 Å². The molecule has 1 aliphatic heterocycles. The second-order valence-electron chi connectivity index (χ2n) is 8.72. The quantitative estimate of drug-likeness (QED) is 0.300. The molecule has 1 aliphatic rings. The fourth-order valence-electron chi connectivity index (χ4n) is 4.55. The Morgan fingerprint density at radius 3 is 2.26 bits per heavy atom. The molecule has 1 fully saturated rings. The van der Waals surface area contributed by atoms with Gasteiger partial charge in [0.15, 0.2) is 0 Å². The van der Waals surface area contributed by atoms with Crippen molar-refractivity contribution >= 4 is 48.8 Å². The third-order valence-corrected chi connectivity index (χ3v) is 7.48. The van der Waals surface area contributed by atoms with E-state index in [0.717, 1.165) is 69.5 Å². The largest absolute Gasteiger partial charge is 0.352 e. The number of piperidine rings is 1. The number of nitrogens with one attached hydrogen (secondary N) is 1. The molecule has 1 saturated heterocycles. The monoisotopic (exact) mass is 580 g/mol. The summed E-state index contributed by atoms with van der Waals surface area (Å²) < 4.78 is 4.35. The van der Waals surface area contributed by atoms with Crippen molar-refractivity contribution in [3.05, 3.63) is 93.1 Å². The van der Waals surface area contributed by atoms with Gasteiger partial charge in [-0.15, -0.1) is 0 Å². The zero-order valence-corrected chi connectivity index (χ0v) is 21.9. The highest BCUT2D eigenvalue weighted by atomic mass is 79.9. The maximum atomic E-state index is 12.7. The Hall–Kier alpha value is -2.48. The molecule has 0 bridgehead atoms. The highest BCUT2D eigenvalue weighted by molar-refractivity contribution is 9.10. The van der Waals surface area contributed by atoms with Gasteiger partial charge in [0, 0.05) is 27.1 Å². The molecule has 0 spiro atoms. The first kappa shape index (κ1) is 23.3. The molecular weight excluding hydrogens is 556 g/mol. The van der Waals surface area contributed by atoms with E-state index in [9.17, 15) is 4.79 Å². The van der Waals surface area contributed by atoms with Crippen molar-refractivity contribution in [2.75, 3.05) is 13.1 Å². The molecule has 1 N–H and O–H groups in total. The van der Waals surface area contributed by atoms with Gasteiger partial charge >= 0.3 is 0 Å². The summed E-state index contributed by atoms with van der Waals surface area (Å²) in [5, 5.41) is 3.11. The molecule has 0 unspecified atom stereocenters. The molecule has 174 valence electrons. The van der Waals surface area contributed by atoms with Crippen LogP contribution in [-0.4, -0.2) is 33.4 Å². The maximum Gasteiger partial charge on any atom is 0.223 e. The summed E-state index contributed by atoms with van der Waals surface area (Å²) in [6.45, 7) is 3.11. The number of hydrogen-bond acceptors (Lipinski definition) is 3. The normalized spacial score (nSPS) is 15.0. The lowest BCUT2D eigenvalue weighted by atomic mass is 9.96. The molecule has 0 atom stereocenters. The molecule has 0 radical (unpaired) electrons. The number of amides is 1. The Morgan fingerprint density at radius 1 is 0.912 bits per heavy atom. The minimum Gasteiger partial charge on any atom is -0.352 e. The predicted octanol–water partition coefficient (Wildman–Crippen LogP) is 6.08. The number of fused-ring (bicyclic) bond motifs is 1. The summed E-state index contributed by atoms with van der Waals surface area (Å²) in [6, 6.07) is 24.7. The first-order valence-electron chi connectivity index (χ1n) is 11.5.